The van der Waals surface area contributed by atoms with Crippen LogP contribution in [-0.4, -0.2) is 69.1 Å². The van der Waals surface area contributed by atoms with Gasteiger partial charge in [-0.05, 0) is 32.9 Å². The van der Waals surface area contributed by atoms with Gasteiger partial charge in [0.05, 0.1) is 17.1 Å². The molecule has 1 aromatic carbocycles. The van der Waals surface area contributed by atoms with Crippen molar-refractivity contribution in [1.82, 2.24) is 24.6 Å². The third-order valence-electron chi connectivity index (χ3n) is 6.99. The summed E-state index contributed by atoms with van der Waals surface area (Å²) in [6, 6.07) is 10.3. The maximum atomic E-state index is 13.6. The number of carbonyl (C=O) groups excluding carboxylic acids is 2. The van der Waals surface area contributed by atoms with Crippen molar-refractivity contribution in [3.63, 3.8) is 0 Å². The van der Waals surface area contributed by atoms with E-state index in [0.717, 1.165) is 46.3 Å². The number of anilines is 1. The first kappa shape index (κ1) is 23.5. The summed E-state index contributed by atoms with van der Waals surface area (Å²) in [7, 11) is 0. The number of rotatable bonds is 5. The summed E-state index contributed by atoms with van der Waals surface area (Å²) < 4.78 is 1.95. The van der Waals surface area contributed by atoms with Gasteiger partial charge in [-0.2, -0.15) is 5.10 Å². The maximum absolute atomic E-state index is 13.6. The van der Waals surface area contributed by atoms with Gasteiger partial charge >= 0.3 is 0 Å². The van der Waals surface area contributed by atoms with Gasteiger partial charge < -0.3 is 14.7 Å². The van der Waals surface area contributed by atoms with Gasteiger partial charge in [0.1, 0.15) is 0 Å². The van der Waals surface area contributed by atoms with Crippen LogP contribution in [0.25, 0.3) is 0 Å². The van der Waals surface area contributed by atoms with Crippen molar-refractivity contribution in [2.24, 2.45) is 0 Å². The highest BCUT2D eigenvalue weighted by atomic mass is 32.1. The zero-order valence-corrected chi connectivity index (χ0v) is 21.5. The van der Waals surface area contributed by atoms with Crippen molar-refractivity contribution in [1.29, 1.82) is 0 Å². The third-order valence-corrected chi connectivity index (χ3v) is 8.06. The fraction of sp³-hybridized carbons (Fsp3) is 0.462. The summed E-state index contributed by atoms with van der Waals surface area (Å²) >= 11 is 1.59. The van der Waals surface area contributed by atoms with Crippen LogP contribution in [0.4, 0.5) is 5.69 Å². The highest BCUT2D eigenvalue weighted by molar-refractivity contribution is 7.11. The summed E-state index contributed by atoms with van der Waals surface area (Å²) in [6.45, 7) is 10.7. The Bertz CT molecular complexity index is 1230. The van der Waals surface area contributed by atoms with E-state index in [4.69, 9.17) is 5.10 Å². The number of amides is 2. The van der Waals surface area contributed by atoms with Gasteiger partial charge in [-0.3, -0.25) is 14.3 Å². The van der Waals surface area contributed by atoms with Gasteiger partial charge in [0, 0.05) is 74.1 Å². The van der Waals surface area contributed by atoms with E-state index in [1.54, 1.807) is 11.3 Å². The standard InChI is InChI=1S/C26H32N6O2S/c1-4-32-22-10-11-31(24(33)16-23-18(2)27-19(3)35-23)17-21(22)25(28-32)26(34)30-14-12-29(13-15-30)20-8-6-5-7-9-20/h5-9H,4,10-17H2,1-3H3. The Hall–Kier alpha value is -3.20. The van der Waals surface area contributed by atoms with Gasteiger partial charge in [0.25, 0.3) is 5.91 Å². The largest absolute Gasteiger partial charge is 0.368 e. The highest BCUT2D eigenvalue weighted by Crippen LogP contribution is 2.26. The molecule has 184 valence electrons. The molecule has 2 aliphatic heterocycles. The quantitative estimate of drug-likeness (QED) is 0.547. The van der Waals surface area contributed by atoms with Crippen molar-refractivity contribution in [3.05, 3.63) is 62.9 Å². The van der Waals surface area contributed by atoms with E-state index in [1.807, 2.05) is 53.5 Å². The number of nitrogens with zero attached hydrogens (tertiary/aromatic N) is 6. The SMILES string of the molecule is CCn1nc(C(=O)N2CCN(c3ccccc3)CC2)c2c1CCN(C(=O)Cc1sc(C)nc1C)C2. The van der Waals surface area contributed by atoms with Crippen LogP contribution >= 0.6 is 11.3 Å². The predicted molar refractivity (Wildman–Crippen MR) is 137 cm³/mol. The summed E-state index contributed by atoms with van der Waals surface area (Å²) in [5.74, 6) is 0.0610. The minimum atomic E-state index is -0.0237. The van der Waals surface area contributed by atoms with Crippen LogP contribution < -0.4 is 4.90 Å². The molecule has 4 heterocycles. The molecule has 2 aromatic heterocycles. The van der Waals surface area contributed by atoms with Gasteiger partial charge in [-0.1, -0.05) is 18.2 Å². The number of thiazole rings is 1. The Kier molecular flexibility index (Phi) is 6.60. The monoisotopic (exact) mass is 492 g/mol. The van der Waals surface area contributed by atoms with E-state index in [2.05, 4.69) is 22.0 Å². The number of fused-ring (bicyclic) bond motifs is 1. The average Bonchev–Trinajstić information content (AvgIpc) is 3.42. The van der Waals surface area contributed by atoms with Crippen LogP contribution in [0.15, 0.2) is 30.3 Å². The second-order valence-corrected chi connectivity index (χ2v) is 10.5. The minimum Gasteiger partial charge on any atom is -0.368 e. The van der Waals surface area contributed by atoms with Gasteiger partial charge in [0.15, 0.2) is 5.69 Å². The zero-order valence-electron chi connectivity index (χ0n) is 20.7. The Morgan fingerprint density at radius 1 is 1.00 bits per heavy atom. The molecular formula is C26H32N6O2S. The van der Waals surface area contributed by atoms with Crippen molar-refractivity contribution in [2.75, 3.05) is 37.6 Å². The molecule has 1 fully saturated rings. The highest BCUT2D eigenvalue weighted by Gasteiger charge is 2.33. The molecule has 0 radical (unpaired) electrons. The zero-order chi connectivity index (χ0) is 24.5. The molecule has 2 aliphatic rings. The fourth-order valence-electron chi connectivity index (χ4n) is 5.08. The Labute approximate surface area is 210 Å². The smallest absolute Gasteiger partial charge is 0.274 e. The molecule has 0 saturated carbocycles. The summed E-state index contributed by atoms with van der Waals surface area (Å²) in [5.41, 5.74) is 4.64. The third kappa shape index (κ3) is 4.69. The van der Waals surface area contributed by atoms with Gasteiger partial charge in [-0.15, -0.1) is 11.3 Å². The first-order chi connectivity index (χ1) is 16.9. The molecule has 3 aromatic rings. The topological polar surface area (TPSA) is 74.6 Å². The van der Waals surface area contributed by atoms with Crippen molar-refractivity contribution < 1.29 is 9.59 Å². The molecule has 5 rings (SSSR count). The van der Waals surface area contributed by atoms with Gasteiger partial charge in [-0.25, -0.2) is 4.98 Å². The molecule has 0 spiro atoms. The number of aryl methyl sites for hydroxylation is 3. The maximum Gasteiger partial charge on any atom is 0.274 e. The molecule has 1 saturated heterocycles. The lowest BCUT2D eigenvalue weighted by Gasteiger charge is -2.36. The number of para-hydroxylation sites is 1. The summed E-state index contributed by atoms with van der Waals surface area (Å²) in [5, 5.41) is 5.71. The number of piperazine rings is 1. The summed E-state index contributed by atoms with van der Waals surface area (Å²) in [6.07, 6.45) is 1.08. The first-order valence-corrected chi connectivity index (χ1v) is 13.1. The lowest BCUT2D eigenvalue weighted by Crippen LogP contribution is -2.49. The number of hydrogen-bond acceptors (Lipinski definition) is 6. The molecule has 9 heteroatoms. The normalized spacial score (nSPS) is 15.9. The molecule has 0 aliphatic carbocycles. The van der Waals surface area contributed by atoms with Crippen molar-refractivity contribution >= 4 is 28.8 Å². The molecule has 0 N–H and O–H groups in total. The first-order valence-electron chi connectivity index (χ1n) is 12.3. The molecule has 0 bridgehead atoms. The number of carbonyl (C=O) groups is 2. The Balaban J connectivity index is 1.30. The van der Waals surface area contributed by atoms with Gasteiger partial charge in [0.2, 0.25) is 5.91 Å². The second kappa shape index (κ2) is 9.81. The molecular weight excluding hydrogens is 460 g/mol. The van der Waals surface area contributed by atoms with Crippen LogP contribution in [0.5, 0.6) is 0 Å². The Morgan fingerprint density at radius 2 is 1.74 bits per heavy atom. The van der Waals surface area contributed by atoms with Crippen LogP contribution in [0, 0.1) is 13.8 Å². The molecule has 8 nitrogen and oxygen atoms in total. The van der Waals surface area contributed by atoms with Crippen LogP contribution in [0.1, 0.15) is 44.2 Å². The molecule has 0 atom stereocenters. The van der Waals surface area contributed by atoms with E-state index >= 15 is 0 Å². The lowest BCUT2D eigenvalue weighted by atomic mass is 10.0. The Morgan fingerprint density at radius 3 is 2.40 bits per heavy atom. The van der Waals surface area contributed by atoms with E-state index in [0.29, 0.717) is 44.8 Å². The van der Waals surface area contributed by atoms with E-state index < -0.39 is 0 Å². The fourth-order valence-corrected chi connectivity index (χ4v) is 6.01. The predicted octanol–water partition coefficient (Wildman–Crippen LogP) is 3.07. The molecule has 0 unspecified atom stereocenters. The lowest BCUT2D eigenvalue weighted by molar-refractivity contribution is -0.131. The molecule has 2 amide bonds. The van der Waals surface area contributed by atoms with Crippen LogP contribution in [-0.2, 0) is 30.7 Å². The van der Waals surface area contributed by atoms with Crippen molar-refractivity contribution in [2.45, 2.75) is 46.7 Å². The second-order valence-electron chi connectivity index (χ2n) is 9.19. The number of benzene rings is 1. The van der Waals surface area contributed by atoms with E-state index in [1.165, 1.54) is 5.69 Å². The minimum absolute atomic E-state index is 0.0237. The number of hydrogen-bond donors (Lipinski definition) is 0. The molecule has 35 heavy (non-hydrogen) atoms. The average molecular weight is 493 g/mol. The summed E-state index contributed by atoms with van der Waals surface area (Å²) in [4.78, 5) is 38.3. The number of aromatic nitrogens is 3. The van der Waals surface area contributed by atoms with E-state index in [9.17, 15) is 9.59 Å². The van der Waals surface area contributed by atoms with Crippen molar-refractivity contribution in [3.8, 4) is 0 Å². The van der Waals surface area contributed by atoms with Crippen LogP contribution in [0.2, 0.25) is 0 Å². The van der Waals surface area contributed by atoms with Crippen LogP contribution in [0.3, 0.4) is 0 Å². The van der Waals surface area contributed by atoms with E-state index in [-0.39, 0.29) is 11.8 Å².